The average molecular weight is 368 g/mol. The van der Waals surface area contributed by atoms with Gasteiger partial charge in [0.25, 0.3) is 0 Å². The number of ether oxygens (including phenoxy) is 1. The van der Waals surface area contributed by atoms with Gasteiger partial charge in [-0.1, -0.05) is 43.6 Å². The topological polar surface area (TPSA) is 55.4 Å². The standard InChI is InChI=1S/C18H22ClNO3S/c1-12(2)15-10-18(17(23-4)9-13(15)3)24(21,22)20-11-14-7-5-6-8-16(14)19/h5-10,12,20H,11H2,1-4H3. The van der Waals surface area contributed by atoms with Crippen LogP contribution in [0.2, 0.25) is 5.02 Å². The summed E-state index contributed by atoms with van der Waals surface area (Å²) in [5.74, 6) is 0.553. The highest BCUT2D eigenvalue weighted by atomic mass is 35.5. The fraction of sp³-hybridized carbons (Fsp3) is 0.333. The minimum atomic E-state index is -3.72. The van der Waals surface area contributed by atoms with Gasteiger partial charge in [-0.3, -0.25) is 0 Å². The third-order valence-corrected chi connectivity index (χ3v) is 5.67. The molecule has 6 heteroatoms. The molecule has 130 valence electrons. The van der Waals surface area contributed by atoms with Gasteiger partial charge in [0.2, 0.25) is 10.0 Å². The monoisotopic (exact) mass is 367 g/mol. The Labute approximate surface area is 148 Å². The van der Waals surface area contributed by atoms with Crippen molar-refractivity contribution in [2.24, 2.45) is 0 Å². The number of methoxy groups -OCH3 is 1. The lowest BCUT2D eigenvalue weighted by Gasteiger charge is -2.16. The molecule has 0 aliphatic carbocycles. The molecule has 2 aromatic carbocycles. The van der Waals surface area contributed by atoms with Crippen molar-refractivity contribution >= 4 is 21.6 Å². The van der Waals surface area contributed by atoms with Gasteiger partial charge < -0.3 is 4.74 Å². The molecule has 0 bridgehead atoms. The number of aryl methyl sites for hydroxylation is 1. The maximum atomic E-state index is 12.7. The molecule has 2 aromatic rings. The molecule has 4 nitrogen and oxygen atoms in total. The molecular formula is C18H22ClNO3S. The second kappa shape index (κ2) is 7.55. The van der Waals surface area contributed by atoms with Crippen LogP contribution >= 0.6 is 11.6 Å². The van der Waals surface area contributed by atoms with E-state index >= 15 is 0 Å². The van der Waals surface area contributed by atoms with Crippen molar-refractivity contribution in [1.82, 2.24) is 4.72 Å². The van der Waals surface area contributed by atoms with Crippen LogP contribution in [0.5, 0.6) is 5.75 Å². The van der Waals surface area contributed by atoms with Crippen molar-refractivity contribution in [3.05, 3.63) is 58.1 Å². The highest BCUT2D eigenvalue weighted by molar-refractivity contribution is 7.89. The Morgan fingerprint density at radius 2 is 1.88 bits per heavy atom. The van der Waals surface area contributed by atoms with Gasteiger partial charge in [0.05, 0.1) is 7.11 Å². The quantitative estimate of drug-likeness (QED) is 0.829. The summed E-state index contributed by atoms with van der Waals surface area (Å²) in [6.07, 6.45) is 0. The largest absolute Gasteiger partial charge is 0.495 e. The minimum Gasteiger partial charge on any atom is -0.495 e. The summed E-state index contributed by atoms with van der Waals surface area (Å²) in [6, 6.07) is 10.6. The van der Waals surface area contributed by atoms with Crippen LogP contribution in [0.1, 0.15) is 36.5 Å². The predicted octanol–water partition coefficient (Wildman–Crippen LogP) is 4.26. The van der Waals surface area contributed by atoms with E-state index in [2.05, 4.69) is 4.72 Å². The fourth-order valence-electron chi connectivity index (χ4n) is 2.56. The summed E-state index contributed by atoms with van der Waals surface area (Å²) in [5, 5.41) is 0.527. The molecule has 0 saturated heterocycles. The smallest absolute Gasteiger partial charge is 0.244 e. The Morgan fingerprint density at radius 3 is 2.46 bits per heavy atom. The number of hydrogen-bond acceptors (Lipinski definition) is 3. The van der Waals surface area contributed by atoms with Gasteiger partial charge in [-0.05, 0) is 47.7 Å². The van der Waals surface area contributed by atoms with Gasteiger partial charge >= 0.3 is 0 Å². The Bertz CT molecular complexity index is 832. The molecule has 24 heavy (non-hydrogen) atoms. The van der Waals surface area contributed by atoms with Crippen molar-refractivity contribution in [3.63, 3.8) is 0 Å². The molecular weight excluding hydrogens is 346 g/mol. The molecule has 0 aromatic heterocycles. The highest BCUT2D eigenvalue weighted by Crippen LogP contribution is 2.31. The molecule has 1 N–H and O–H groups in total. The van der Waals surface area contributed by atoms with E-state index in [0.29, 0.717) is 10.8 Å². The van der Waals surface area contributed by atoms with Crippen LogP contribution in [0, 0.1) is 6.92 Å². The Morgan fingerprint density at radius 1 is 1.21 bits per heavy atom. The van der Waals surface area contributed by atoms with E-state index in [1.807, 2.05) is 26.8 Å². The number of rotatable bonds is 6. The van der Waals surface area contributed by atoms with E-state index in [1.54, 1.807) is 30.3 Å². The molecule has 0 heterocycles. The molecule has 0 amide bonds. The van der Waals surface area contributed by atoms with Crippen molar-refractivity contribution in [2.45, 2.75) is 38.1 Å². The summed E-state index contributed by atoms with van der Waals surface area (Å²) < 4.78 is 33.4. The van der Waals surface area contributed by atoms with Gasteiger partial charge in [-0.2, -0.15) is 0 Å². The van der Waals surface area contributed by atoms with Crippen LogP contribution in [-0.4, -0.2) is 15.5 Å². The zero-order valence-electron chi connectivity index (χ0n) is 14.3. The second-order valence-electron chi connectivity index (χ2n) is 5.93. The number of sulfonamides is 1. The number of benzene rings is 2. The van der Waals surface area contributed by atoms with Crippen LogP contribution in [-0.2, 0) is 16.6 Å². The first-order valence-corrected chi connectivity index (χ1v) is 9.54. The maximum Gasteiger partial charge on any atom is 0.244 e. The maximum absolute atomic E-state index is 12.7. The first-order chi connectivity index (χ1) is 11.3. The van der Waals surface area contributed by atoms with Crippen molar-refractivity contribution in [2.75, 3.05) is 7.11 Å². The lowest BCUT2D eigenvalue weighted by Crippen LogP contribution is -2.24. The summed E-state index contributed by atoms with van der Waals surface area (Å²) in [4.78, 5) is 0.145. The first kappa shape index (κ1) is 18.8. The number of halogens is 1. The molecule has 2 rings (SSSR count). The lowest BCUT2D eigenvalue weighted by atomic mass is 9.98. The summed E-state index contributed by atoms with van der Waals surface area (Å²) in [5.41, 5.74) is 2.71. The first-order valence-electron chi connectivity index (χ1n) is 7.68. The van der Waals surface area contributed by atoms with E-state index < -0.39 is 10.0 Å². The SMILES string of the molecule is COc1cc(C)c(C(C)C)cc1S(=O)(=O)NCc1ccccc1Cl. The zero-order valence-corrected chi connectivity index (χ0v) is 15.8. The molecule has 0 spiro atoms. The van der Waals surface area contributed by atoms with Crippen molar-refractivity contribution in [3.8, 4) is 5.75 Å². The molecule has 0 saturated carbocycles. The summed E-state index contributed by atoms with van der Waals surface area (Å²) in [6.45, 7) is 6.13. The lowest BCUT2D eigenvalue weighted by molar-refractivity contribution is 0.401. The van der Waals surface area contributed by atoms with Crippen LogP contribution in [0.3, 0.4) is 0 Å². The van der Waals surface area contributed by atoms with Gasteiger partial charge in [0.1, 0.15) is 10.6 Å². The van der Waals surface area contributed by atoms with Crippen LogP contribution in [0.15, 0.2) is 41.3 Å². The van der Waals surface area contributed by atoms with Crippen molar-refractivity contribution in [1.29, 1.82) is 0 Å². The molecule has 0 atom stereocenters. The predicted molar refractivity (Wildman–Crippen MR) is 97.3 cm³/mol. The molecule has 0 fully saturated rings. The van der Waals surface area contributed by atoms with Crippen LogP contribution in [0.25, 0.3) is 0 Å². The molecule has 0 aliphatic heterocycles. The van der Waals surface area contributed by atoms with E-state index in [-0.39, 0.29) is 17.4 Å². The Kier molecular flexibility index (Phi) is 5.91. The van der Waals surface area contributed by atoms with E-state index in [4.69, 9.17) is 16.3 Å². The molecule has 0 unspecified atom stereocenters. The summed E-state index contributed by atoms with van der Waals surface area (Å²) in [7, 11) is -2.26. The van der Waals surface area contributed by atoms with Crippen LogP contribution in [0.4, 0.5) is 0 Å². The molecule has 0 radical (unpaired) electrons. The third kappa shape index (κ3) is 4.09. The van der Waals surface area contributed by atoms with E-state index in [1.165, 1.54) is 7.11 Å². The van der Waals surface area contributed by atoms with Gasteiger partial charge in [0, 0.05) is 11.6 Å². The van der Waals surface area contributed by atoms with Gasteiger partial charge in [0.15, 0.2) is 0 Å². The number of nitrogens with one attached hydrogen (secondary N) is 1. The average Bonchev–Trinajstić information content (AvgIpc) is 2.53. The van der Waals surface area contributed by atoms with E-state index in [9.17, 15) is 8.42 Å². The second-order valence-corrected chi connectivity index (χ2v) is 8.07. The zero-order chi connectivity index (χ0) is 17.9. The number of hydrogen-bond donors (Lipinski definition) is 1. The fourth-order valence-corrected chi connectivity index (χ4v) is 3.95. The molecule has 0 aliphatic rings. The Balaban J connectivity index is 2.38. The van der Waals surface area contributed by atoms with Crippen LogP contribution < -0.4 is 9.46 Å². The van der Waals surface area contributed by atoms with Crippen molar-refractivity contribution < 1.29 is 13.2 Å². The van der Waals surface area contributed by atoms with Gasteiger partial charge in [-0.25, -0.2) is 13.1 Å². The highest BCUT2D eigenvalue weighted by Gasteiger charge is 2.22. The summed E-state index contributed by atoms with van der Waals surface area (Å²) >= 11 is 6.09. The van der Waals surface area contributed by atoms with E-state index in [0.717, 1.165) is 16.7 Å². The Hall–Kier alpha value is -1.56. The van der Waals surface area contributed by atoms with Gasteiger partial charge in [-0.15, -0.1) is 0 Å². The third-order valence-electron chi connectivity index (χ3n) is 3.87. The normalized spacial score (nSPS) is 11.8. The minimum absolute atomic E-state index is 0.121.